The molecule has 1 rings (SSSR count). The number of carbonyl (C=O) groups excluding carboxylic acids is 2. The molecule has 0 fully saturated rings. The molecule has 0 aliphatic carbocycles. The second-order valence-electron chi connectivity index (χ2n) is 4.32. The lowest BCUT2D eigenvalue weighted by molar-refractivity contribution is 0.155. The summed E-state index contributed by atoms with van der Waals surface area (Å²) in [4.78, 5) is 26.4. The van der Waals surface area contributed by atoms with Crippen LogP contribution in [0.15, 0.2) is 35.4 Å². The number of rotatable bonds is 2. The average Bonchev–Trinajstić information content (AvgIpc) is 2.39. The fraction of sp³-hybridized carbons (Fsp3) is 0.308. The average molecular weight is 262 g/mol. The molecule has 0 unspecified atom stereocenters. The van der Waals surface area contributed by atoms with Crippen LogP contribution in [-0.4, -0.2) is 61.3 Å². The van der Waals surface area contributed by atoms with Crippen LogP contribution in [0.3, 0.4) is 0 Å². The van der Waals surface area contributed by atoms with E-state index in [1.54, 1.807) is 28.2 Å². The highest BCUT2D eigenvalue weighted by molar-refractivity contribution is 5.94. The number of benzene rings is 1. The van der Waals surface area contributed by atoms with Gasteiger partial charge in [-0.1, -0.05) is 30.3 Å². The van der Waals surface area contributed by atoms with Crippen molar-refractivity contribution in [2.24, 2.45) is 5.10 Å². The summed E-state index contributed by atoms with van der Waals surface area (Å²) in [5.74, 6) is 0. The minimum atomic E-state index is -0.495. The maximum Gasteiger partial charge on any atom is 0.348 e. The van der Waals surface area contributed by atoms with Crippen LogP contribution in [0.5, 0.6) is 0 Å². The largest absolute Gasteiger partial charge is 0.348 e. The lowest BCUT2D eigenvalue weighted by Gasteiger charge is -2.22. The highest BCUT2D eigenvalue weighted by Gasteiger charge is 2.23. The zero-order valence-corrected chi connectivity index (χ0v) is 11.6. The van der Waals surface area contributed by atoms with E-state index in [9.17, 15) is 9.59 Å². The van der Waals surface area contributed by atoms with Gasteiger partial charge in [-0.15, -0.1) is 5.01 Å². The zero-order valence-electron chi connectivity index (χ0n) is 11.6. The van der Waals surface area contributed by atoms with Crippen molar-refractivity contribution in [1.29, 1.82) is 0 Å². The molecule has 0 aromatic heterocycles. The van der Waals surface area contributed by atoms with Crippen molar-refractivity contribution in [1.82, 2.24) is 14.8 Å². The number of nitrogens with zero attached hydrogens (tertiary/aromatic N) is 4. The number of hydrazone groups is 1. The van der Waals surface area contributed by atoms with Crippen LogP contribution >= 0.6 is 0 Å². The molecule has 1 aromatic rings. The number of hydrogen-bond acceptors (Lipinski definition) is 3. The van der Waals surface area contributed by atoms with Crippen molar-refractivity contribution < 1.29 is 9.59 Å². The molecule has 0 heterocycles. The van der Waals surface area contributed by atoms with Gasteiger partial charge in [0.1, 0.15) is 0 Å². The van der Waals surface area contributed by atoms with Crippen LogP contribution in [0.4, 0.5) is 9.59 Å². The van der Waals surface area contributed by atoms with Crippen LogP contribution in [0.2, 0.25) is 0 Å². The maximum atomic E-state index is 11.9. The molecule has 0 saturated carbocycles. The molecule has 0 aliphatic rings. The van der Waals surface area contributed by atoms with Crippen LogP contribution in [0, 0.1) is 0 Å². The second kappa shape index (κ2) is 6.53. The summed E-state index contributed by atoms with van der Waals surface area (Å²) in [5, 5.41) is 4.79. The van der Waals surface area contributed by atoms with Crippen LogP contribution < -0.4 is 0 Å². The minimum absolute atomic E-state index is 0.495. The molecule has 19 heavy (non-hydrogen) atoms. The molecule has 102 valence electrons. The number of urea groups is 2. The monoisotopic (exact) mass is 262 g/mol. The quantitative estimate of drug-likeness (QED) is 0.601. The van der Waals surface area contributed by atoms with E-state index in [-0.39, 0.29) is 0 Å². The summed E-state index contributed by atoms with van der Waals surface area (Å²) in [7, 11) is 6.26. The lowest BCUT2D eigenvalue weighted by atomic mass is 10.2. The Balaban J connectivity index is 2.95. The zero-order chi connectivity index (χ0) is 14.4. The van der Waals surface area contributed by atoms with E-state index in [0.29, 0.717) is 0 Å². The Kier molecular flexibility index (Phi) is 5.05. The molecule has 0 saturated heterocycles. The third-order valence-electron chi connectivity index (χ3n) is 2.25. The molecular formula is C13H18N4O2. The van der Waals surface area contributed by atoms with Gasteiger partial charge in [-0.25, -0.2) is 9.59 Å². The van der Waals surface area contributed by atoms with Gasteiger partial charge < -0.3 is 9.80 Å². The van der Waals surface area contributed by atoms with E-state index >= 15 is 0 Å². The van der Waals surface area contributed by atoms with Gasteiger partial charge in [0.15, 0.2) is 0 Å². The smallest absolute Gasteiger partial charge is 0.329 e. The number of carbonyl (C=O) groups is 2. The first-order chi connectivity index (χ1) is 8.93. The Bertz CT molecular complexity index is 449. The van der Waals surface area contributed by atoms with Gasteiger partial charge in [-0.3, -0.25) is 0 Å². The van der Waals surface area contributed by atoms with E-state index < -0.39 is 12.1 Å². The highest BCUT2D eigenvalue weighted by atomic mass is 16.2. The molecule has 0 spiro atoms. The molecule has 0 aliphatic heterocycles. The summed E-state index contributed by atoms with van der Waals surface area (Å²) in [5.41, 5.74) is 0.811. The van der Waals surface area contributed by atoms with Crippen molar-refractivity contribution in [3.05, 3.63) is 35.9 Å². The van der Waals surface area contributed by atoms with Gasteiger partial charge in [-0.05, 0) is 5.56 Å². The van der Waals surface area contributed by atoms with E-state index in [0.717, 1.165) is 10.6 Å². The Hall–Kier alpha value is -2.37. The summed E-state index contributed by atoms with van der Waals surface area (Å²) in [6.45, 7) is 0. The molecule has 6 heteroatoms. The molecule has 6 nitrogen and oxygen atoms in total. The highest BCUT2D eigenvalue weighted by Crippen LogP contribution is 2.02. The van der Waals surface area contributed by atoms with Gasteiger partial charge in [0.25, 0.3) is 0 Å². The summed E-state index contributed by atoms with van der Waals surface area (Å²) < 4.78 is 0. The fourth-order valence-corrected chi connectivity index (χ4v) is 1.22. The summed E-state index contributed by atoms with van der Waals surface area (Å²) in [6, 6.07) is 8.27. The number of amides is 4. The Labute approximate surface area is 112 Å². The summed E-state index contributed by atoms with van der Waals surface area (Å²) >= 11 is 0. The van der Waals surface area contributed by atoms with Gasteiger partial charge in [0.05, 0.1) is 6.21 Å². The molecular weight excluding hydrogens is 244 g/mol. The summed E-state index contributed by atoms with van der Waals surface area (Å²) in [6.07, 6.45) is 1.48. The SMILES string of the molecule is CN(C)C(=O)N(/N=C/c1ccccc1)C(=O)N(C)C. The van der Waals surface area contributed by atoms with Crippen molar-refractivity contribution in [2.45, 2.75) is 0 Å². The first kappa shape index (κ1) is 14.7. The van der Waals surface area contributed by atoms with Crippen LogP contribution in [-0.2, 0) is 0 Å². The van der Waals surface area contributed by atoms with Crippen LogP contribution in [0.1, 0.15) is 5.56 Å². The predicted octanol–water partition coefficient (Wildman–Crippen LogP) is 1.69. The molecule has 0 N–H and O–H groups in total. The van der Waals surface area contributed by atoms with E-state index in [4.69, 9.17) is 0 Å². The Morgan fingerprint density at radius 2 is 1.42 bits per heavy atom. The molecule has 4 amide bonds. The van der Waals surface area contributed by atoms with E-state index in [1.807, 2.05) is 30.3 Å². The van der Waals surface area contributed by atoms with E-state index in [2.05, 4.69) is 5.10 Å². The van der Waals surface area contributed by atoms with Crippen molar-refractivity contribution in [3.8, 4) is 0 Å². The maximum absolute atomic E-state index is 11.9. The molecule has 1 aromatic carbocycles. The van der Waals surface area contributed by atoms with Crippen LogP contribution in [0.25, 0.3) is 0 Å². The van der Waals surface area contributed by atoms with Gasteiger partial charge in [0.2, 0.25) is 0 Å². The van der Waals surface area contributed by atoms with Gasteiger partial charge >= 0.3 is 12.1 Å². The third kappa shape index (κ3) is 4.09. The number of imide groups is 1. The Morgan fingerprint density at radius 3 is 1.84 bits per heavy atom. The van der Waals surface area contributed by atoms with Gasteiger partial charge in [-0.2, -0.15) is 5.10 Å². The van der Waals surface area contributed by atoms with E-state index in [1.165, 1.54) is 16.0 Å². The molecule has 0 atom stereocenters. The van der Waals surface area contributed by atoms with Crippen molar-refractivity contribution in [2.75, 3.05) is 28.2 Å². The minimum Gasteiger partial charge on any atom is -0.329 e. The third-order valence-corrected chi connectivity index (χ3v) is 2.25. The fourth-order valence-electron chi connectivity index (χ4n) is 1.22. The molecule has 0 radical (unpaired) electrons. The lowest BCUT2D eigenvalue weighted by Crippen LogP contribution is -2.44. The Morgan fingerprint density at radius 1 is 0.947 bits per heavy atom. The predicted molar refractivity (Wildman–Crippen MR) is 74.0 cm³/mol. The topological polar surface area (TPSA) is 56.2 Å². The number of hydrogen-bond donors (Lipinski definition) is 0. The molecule has 0 bridgehead atoms. The normalized spacial score (nSPS) is 10.3. The standard InChI is InChI=1S/C13H18N4O2/c1-15(2)12(18)17(13(19)16(3)4)14-10-11-8-6-5-7-9-11/h5-10H,1-4H3/b14-10+. The van der Waals surface area contributed by atoms with Crippen molar-refractivity contribution in [3.63, 3.8) is 0 Å². The first-order valence-corrected chi connectivity index (χ1v) is 5.75. The first-order valence-electron chi connectivity index (χ1n) is 5.75. The van der Waals surface area contributed by atoms with Gasteiger partial charge in [0, 0.05) is 28.2 Å². The second-order valence-corrected chi connectivity index (χ2v) is 4.32. The van der Waals surface area contributed by atoms with Crippen molar-refractivity contribution >= 4 is 18.3 Å².